The third-order valence-corrected chi connectivity index (χ3v) is 2.53. The quantitative estimate of drug-likeness (QED) is 0.771. The van der Waals surface area contributed by atoms with E-state index in [0.717, 1.165) is 18.7 Å². The largest absolute Gasteiger partial charge is 0.384 e. The lowest BCUT2D eigenvalue weighted by Gasteiger charge is -2.19. The molecule has 1 heterocycles. The van der Waals surface area contributed by atoms with E-state index in [0.29, 0.717) is 5.56 Å². The van der Waals surface area contributed by atoms with Gasteiger partial charge in [-0.2, -0.15) is 0 Å². The topological polar surface area (TPSA) is 50.4 Å². The number of nitrogens with one attached hydrogen (secondary N) is 2. The van der Waals surface area contributed by atoms with Gasteiger partial charge in [-0.15, -0.1) is 0 Å². The van der Waals surface area contributed by atoms with Crippen molar-refractivity contribution in [3.8, 4) is 0 Å². The van der Waals surface area contributed by atoms with Gasteiger partial charge in [-0.25, -0.2) is 5.48 Å². The Kier molecular flexibility index (Phi) is 3.07. The molecule has 0 unspecified atom stereocenters. The van der Waals surface area contributed by atoms with Gasteiger partial charge in [0.05, 0.1) is 5.60 Å². The SMILES string of the molecule is CC(C)(C)ONC(=O)c1ccc2c(c1)NCC2. The summed E-state index contributed by atoms with van der Waals surface area (Å²) in [4.78, 5) is 17.1. The molecule has 0 fully saturated rings. The lowest BCUT2D eigenvalue weighted by molar-refractivity contribution is -0.0589. The highest BCUT2D eigenvalue weighted by molar-refractivity contribution is 5.94. The van der Waals surface area contributed by atoms with Crippen molar-refractivity contribution in [1.29, 1.82) is 0 Å². The summed E-state index contributed by atoms with van der Waals surface area (Å²) in [6.07, 6.45) is 1.02. The fourth-order valence-corrected chi connectivity index (χ4v) is 1.69. The summed E-state index contributed by atoms with van der Waals surface area (Å²) in [5, 5.41) is 3.25. The van der Waals surface area contributed by atoms with Crippen LogP contribution in [0.4, 0.5) is 5.69 Å². The van der Waals surface area contributed by atoms with Crippen molar-refractivity contribution in [3.63, 3.8) is 0 Å². The van der Waals surface area contributed by atoms with Gasteiger partial charge in [0.25, 0.3) is 5.91 Å². The zero-order chi connectivity index (χ0) is 12.5. The Bertz CT molecular complexity index is 436. The third-order valence-electron chi connectivity index (χ3n) is 2.53. The Morgan fingerprint density at radius 1 is 1.41 bits per heavy atom. The monoisotopic (exact) mass is 234 g/mol. The molecule has 2 N–H and O–H groups in total. The molecular formula is C13H18N2O2. The normalized spacial score (nSPS) is 14.1. The van der Waals surface area contributed by atoms with Gasteiger partial charge in [-0.3, -0.25) is 9.63 Å². The van der Waals surface area contributed by atoms with E-state index in [1.54, 1.807) is 0 Å². The minimum Gasteiger partial charge on any atom is -0.384 e. The number of hydroxylamine groups is 1. The van der Waals surface area contributed by atoms with Gasteiger partial charge in [-0.1, -0.05) is 6.07 Å². The van der Waals surface area contributed by atoms with Crippen molar-refractivity contribution >= 4 is 11.6 Å². The van der Waals surface area contributed by atoms with Gasteiger partial charge in [0.2, 0.25) is 0 Å². The van der Waals surface area contributed by atoms with E-state index < -0.39 is 0 Å². The maximum absolute atomic E-state index is 11.8. The molecule has 4 heteroatoms. The average Bonchev–Trinajstić information content (AvgIpc) is 2.71. The lowest BCUT2D eigenvalue weighted by atomic mass is 10.1. The maximum Gasteiger partial charge on any atom is 0.274 e. The minimum absolute atomic E-state index is 0.212. The first-order valence-corrected chi connectivity index (χ1v) is 5.81. The number of benzene rings is 1. The number of fused-ring (bicyclic) bond motifs is 1. The molecule has 1 aromatic carbocycles. The van der Waals surface area contributed by atoms with Crippen LogP contribution in [0.25, 0.3) is 0 Å². The van der Waals surface area contributed by atoms with E-state index in [9.17, 15) is 4.79 Å². The van der Waals surface area contributed by atoms with E-state index in [4.69, 9.17) is 4.84 Å². The molecule has 1 amide bonds. The van der Waals surface area contributed by atoms with E-state index in [1.807, 2.05) is 39.0 Å². The van der Waals surface area contributed by atoms with Crippen LogP contribution in [0.3, 0.4) is 0 Å². The molecule has 0 spiro atoms. The molecule has 0 aliphatic carbocycles. The van der Waals surface area contributed by atoms with Gasteiger partial charge in [0, 0.05) is 17.8 Å². The van der Waals surface area contributed by atoms with E-state index in [1.165, 1.54) is 5.56 Å². The molecule has 92 valence electrons. The van der Waals surface area contributed by atoms with Crippen molar-refractivity contribution in [3.05, 3.63) is 29.3 Å². The molecular weight excluding hydrogens is 216 g/mol. The number of carbonyl (C=O) groups is 1. The van der Waals surface area contributed by atoms with Crippen LogP contribution in [0.15, 0.2) is 18.2 Å². The zero-order valence-electron chi connectivity index (χ0n) is 10.5. The second-order valence-electron chi connectivity index (χ2n) is 5.19. The summed E-state index contributed by atoms with van der Waals surface area (Å²) in [7, 11) is 0. The summed E-state index contributed by atoms with van der Waals surface area (Å²) in [6.45, 7) is 6.60. The molecule has 0 atom stereocenters. The number of hydrogen-bond donors (Lipinski definition) is 2. The minimum atomic E-state index is -0.384. The molecule has 1 aliphatic heterocycles. The van der Waals surface area contributed by atoms with Crippen LogP contribution in [-0.2, 0) is 11.3 Å². The van der Waals surface area contributed by atoms with Crippen LogP contribution in [0.5, 0.6) is 0 Å². The van der Waals surface area contributed by atoms with Gasteiger partial charge < -0.3 is 5.32 Å². The molecule has 4 nitrogen and oxygen atoms in total. The summed E-state index contributed by atoms with van der Waals surface area (Å²) in [5.41, 5.74) is 5.00. The molecule has 0 bridgehead atoms. The summed E-state index contributed by atoms with van der Waals surface area (Å²) in [5.74, 6) is -0.212. The van der Waals surface area contributed by atoms with Crippen LogP contribution >= 0.6 is 0 Å². The number of carbonyl (C=O) groups excluding carboxylic acids is 1. The van der Waals surface area contributed by atoms with Crippen molar-refractivity contribution in [1.82, 2.24) is 5.48 Å². The Hall–Kier alpha value is -1.55. The van der Waals surface area contributed by atoms with Crippen LogP contribution in [0.1, 0.15) is 36.7 Å². The number of hydrogen-bond acceptors (Lipinski definition) is 3. The van der Waals surface area contributed by atoms with Crippen molar-refractivity contribution in [2.45, 2.75) is 32.8 Å². The molecule has 1 aromatic rings. The van der Waals surface area contributed by atoms with Gasteiger partial charge >= 0.3 is 0 Å². The van der Waals surface area contributed by atoms with Crippen LogP contribution in [-0.4, -0.2) is 18.1 Å². The highest BCUT2D eigenvalue weighted by Gasteiger charge is 2.16. The van der Waals surface area contributed by atoms with Crippen LogP contribution in [0.2, 0.25) is 0 Å². The van der Waals surface area contributed by atoms with Crippen molar-refractivity contribution in [2.75, 3.05) is 11.9 Å². The first-order chi connectivity index (χ1) is 7.96. The first-order valence-electron chi connectivity index (χ1n) is 5.81. The maximum atomic E-state index is 11.8. The van der Waals surface area contributed by atoms with Gasteiger partial charge in [0.1, 0.15) is 0 Å². The molecule has 0 aromatic heterocycles. The number of rotatable bonds is 2. The fraction of sp³-hybridized carbons (Fsp3) is 0.462. The second-order valence-corrected chi connectivity index (χ2v) is 5.19. The summed E-state index contributed by atoms with van der Waals surface area (Å²) >= 11 is 0. The fourth-order valence-electron chi connectivity index (χ4n) is 1.69. The van der Waals surface area contributed by atoms with Crippen LogP contribution < -0.4 is 10.8 Å². The van der Waals surface area contributed by atoms with Crippen LogP contribution in [0, 0.1) is 0 Å². The standard InChI is InChI=1S/C13H18N2O2/c1-13(2,3)17-15-12(16)10-5-4-9-6-7-14-11(9)8-10/h4-5,8,14H,6-7H2,1-3H3,(H,15,16). The summed E-state index contributed by atoms with van der Waals surface area (Å²) in [6, 6.07) is 5.68. The summed E-state index contributed by atoms with van der Waals surface area (Å²) < 4.78 is 0. The Morgan fingerprint density at radius 3 is 2.88 bits per heavy atom. The van der Waals surface area contributed by atoms with Crippen molar-refractivity contribution in [2.24, 2.45) is 0 Å². The molecule has 1 aliphatic rings. The Balaban J connectivity index is 2.05. The first kappa shape index (κ1) is 11.9. The Labute approximate surface area is 101 Å². The van der Waals surface area contributed by atoms with E-state index >= 15 is 0 Å². The van der Waals surface area contributed by atoms with Crippen molar-refractivity contribution < 1.29 is 9.63 Å². The predicted molar refractivity (Wildman–Crippen MR) is 66.9 cm³/mol. The predicted octanol–water partition coefficient (Wildman–Crippen LogP) is 2.11. The smallest absolute Gasteiger partial charge is 0.274 e. The molecule has 17 heavy (non-hydrogen) atoms. The highest BCUT2D eigenvalue weighted by atomic mass is 16.7. The number of anilines is 1. The average molecular weight is 234 g/mol. The third kappa shape index (κ3) is 2.97. The number of amides is 1. The molecule has 2 rings (SSSR count). The van der Waals surface area contributed by atoms with E-state index in [-0.39, 0.29) is 11.5 Å². The molecule has 0 saturated heterocycles. The zero-order valence-corrected chi connectivity index (χ0v) is 10.5. The van der Waals surface area contributed by atoms with Gasteiger partial charge in [0.15, 0.2) is 0 Å². The van der Waals surface area contributed by atoms with E-state index in [2.05, 4.69) is 10.8 Å². The molecule has 0 radical (unpaired) electrons. The second kappa shape index (κ2) is 4.37. The van der Waals surface area contributed by atoms with Gasteiger partial charge in [-0.05, 0) is 44.9 Å². The highest BCUT2D eigenvalue weighted by Crippen LogP contribution is 2.23. The molecule has 0 saturated carbocycles. The lowest BCUT2D eigenvalue weighted by Crippen LogP contribution is -2.33. The Morgan fingerprint density at radius 2 is 2.18 bits per heavy atom.